The summed E-state index contributed by atoms with van der Waals surface area (Å²) in [5.74, 6) is 0. The average Bonchev–Trinajstić information content (AvgIpc) is 3.53. The monoisotopic (exact) mass is 517 g/mol. The molecule has 0 N–H and O–H groups in total. The van der Waals surface area contributed by atoms with Crippen LogP contribution in [0.25, 0.3) is 15.9 Å². The molecule has 0 spiro atoms. The Labute approximate surface area is 221 Å². The van der Waals surface area contributed by atoms with Crippen LogP contribution in [0.5, 0.6) is 0 Å². The number of nitriles is 1. The molecule has 1 fully saturated rings. The standard InChI is InChI=1S/C28H35N7OS/c1-6-21-17-34(24-14-27(36)32(5)35-15-20(11-12-29)30-28(24)35)22(7-2)16-33(21)18(4)19-9-10-23-25(13-19)37-26(8-3)31-23/h9-10,13-15,18,21-22H,6-8,11,16-17H2,1-5H3/t18?,21-,22+/m1/s1. The molecule has 3 atom stereocenters. The van der Waals surface area contributed by atoms with Gasteiger partial charge < -0.3 is 4.90 Å². The van der Waals surface area contributed by atoms with Crippen molar-refractivity contribution in [1.82, 2.24) is 24.1 Å². The summed E-state index contributed by atoms with van der Waals surface area (Å²) in [5.41, 5.74) is 4.62. The first-order chi connectivity index (χ1) is 17.9. The summed E-state index contributed by atoms with van der Waals surface area (Å²) in [6, 6.07) is 11.5. The predicted octanol–water partition coefficient (Wildman–Crippen LogP) is 4.71. The van der Waals surface area contributed by atoms with E-state index in [2.05, 4.69) is 61.8 Å². The van der Waals surface area contributed by atoms with Gasteiger partial charge in [0.25, 0.3) is 5.56 Å². The zero-order valence-electron chi connectivity index (χ0n) is 22.3. The molecule has 1 unspecified atom stereocenters. The van der Waals surface area contributed by atoms with Crippen LogP contribution in [0.3, 0.4) is 0 Å². The Morgan fingerprint density at radius 3 is 2.62 bits per heavy atom. The number of aryl methyl sites for hydroxylation is 2. The van der Waals surface area contributed by atoms with Gasteiger partial charge in [0, 0.05) is 44.3 Å². The summed E-state index contributed by atoms with van der Waals surface area (Å²) in [4.78, 5) is 27.4. The van der Waals surface area contributed by atoms with Crippen LogP contribution in [-0.2, 0) is 19.9 Å². The molecule has 37 heavy (non-hydrogen) atoms. The topological polar surface area (TPSA) is 82.5 Å². The summed E-state index contributed by atoms with van der Waals surface area (Å²) in [6.45, 7) is 10.7. The minimum Gasteiger partial charge on any atom is -0.362 e. The van der Waals surface area contributed by atoms with Gasteiger partial charge in [0.2, 0.25) is 0 Å². The fourth-order valence-corrected chi connectivity index (χ4v) is 6.58. The van der Waals surface area contributed by atoms with Crippen LogP contribution < -0.4 is 10.5 Å². The lowest BCUT2D eigenvalue weighted by Crippen LogP contribution is -2.59. The van der Waals surface area contributed by atoms with E-state index in [0.29, 0.717) is 11.7 Å². The number of rotatable bonds is 7. The van der Waals surface area contributed by atoms with Gasteiger partial charge in [-0.25, -0.2) is 19.2 Å². The molecular formula is C28H35N7OS. The van der Waals surface area contributed by atoms with Gasteiger partial charge in [-0.05, 0) is 43.9 Å². The SMILES string of the molecule is CCc1nc2ccc(C(C)N3C[C@H](CC)N(c4cc(=O)n(C)n5cc(CC#N)nc45)C[C@H]3CC)cc2s1. The molecule has 3 aromatic heterocycles. The number of piperazine rings is 1. The van der Waals surface area contributed by atoms with Crippen LogP contribution in [0.4, 0.5) is 5.69 Å². The van der Waals surface area contributed by atoms with Gasteiger partial charge in [0.05, 0.1) is 45.3 Å². The van der Waals surface area contributed by atoms with Crippen molar-refractivity contribution in [2.75, 3.05) is 18.0 Å². The summed E-state index contributed by atoms with van der Waals surface area (Å²) in [7, 11) is 1.74. The van der Waals surface area contributed by atoms with Crippen molar-refractivity contribution in [2.24, 2.45) is 7.05 Å². The lowest BCUT2D eigenvalue weighted by molar-refractivity contribution is 0.101. The van der Waals surface area contributed by atoms with Gasteiger partial charge in [-0.1, -0.05) is 26.8 Å². The van der Waals surface area contributed by atoms with Gasteiger partial charge in [0.1, 0.15) is 0 Å². The van der Waals surface area contributed by atoms with Crippen molar-refractivity contribution in [1.29, 1.82) is 5.26 Å². The highest BCUT2D eigenvalue weighted by Crippen LogP contribution is 2.35. The smallest absolute Gasteiger partial charge is 0.267 e. The Balaban J connectivity index is 1.49. The highest BCUT2D eigenvalue weighted by atomic mass is 32.1. The number of thiazole rings is 1. The number of aromatic nitrogens is 4. The molecule has 0 bridgehead atoms. The molecule has 1 aliphatic rings. The Bertz CT molecular complexity index is 1530. The molecule has 0 amide bonds. The van der Waals surface area contributed by atoms with E-state index < -0.39 is 0 Å². The molecule has 1 saturated heterocycles. The van der Waals surface area contributed by atoms with E-state index >= 15 is 0 Å². The second kappa shape index (κ2) is 10.3. The third kappa shape index (κ3) is 4.53. The summed E-state index contributed by atoms with van der Waals surface area (Å²) >= 11 is 1.79. The predicted molar refractivity (Wildman–Crippen MR) is 149 cm³/mol. The number of imidazole rings is 1. The first-order valence-corrected chi connectivity index (χ1v) is 14.1. The minimum absolute atomic E-state index is 0.0774. The van der Waals surface area contributed by atoms with Crippen molar-refractivity contribution < 1.29 is 0 Å². The maximum absolute atomic E-state index is 12.9. The second-order valence-corrected chi connectivity index (χ2v) is 11.1. The largest absolute Gasteiger partial charge is 0.362 e. The molecule has 194 valence electrons. The first-order valence-electron chi connectivity index (χ1n) is 13.2. The van der Waals surface area contributed by atoms with Crippen molar-refractivity contribution in [2.45, 2.75) is 71.5 Å². The van der Waals surface area contributed by atoms with E-state index in [4.69, 9.17) is 9.97 Å². The van der Waals surface area contributed by atoms with Crippen molar-refractivity contribution in [3.05, 3.63) is 57.1 Å². The normalized spacial score (nSPS) is 19.5. The lowest BCUT2D eigenvalue weighted by Gasteiger charge is -2.49. The fraction of sp³-hybridized carbons (Fsp3) is 0.500. The van der Waals surface area contributed by atoms with E-state index in [1.165, 1.54) is 15.3 Å². The molecular weight excluding hydrogens is 482 g/mol. The van der Waals surface area contributed by atoms with Crippen LogP contribution >= 0.6 is 11.3 Å². The summed E-state index contributed by atoms with van der Waals surface area (Å²) in [6.07, 6.45) is 4.96. The van der Waals surface area contributed by atoms with E-state index in [-0.39, 0.29) is 24.1 Å². The first kappa shape index (κ1) is 25.4. The minimum atomic E-state index is -0.0774. The third-order valence-corrected chi connectivity index (χ3v) is 9.02. The number of nitrogens with zero attached hydrogens (tertiary/aromatic N) is 7. The Morgan fingerprint density at radius 1 is 1.14 bits per heavy atom. The van der Waals surface area contributed by atoms with E-state index in [1.807, 2.05) is 0 Å². The molecule has 8 nitrogen and oxygen atoms in total. The number of hydrogen-bond donors (Lipinski definition) is 0. The van der Waals surface area contributed by atoms with Gasteiger partial charge in [-0.2, -0.15) is 5.26 Å². The Kier molecular flexibility index (Phi) is 7.06. The maximum Gasteiger partial charge on any atom is 0.267 e. The average molecular weight is 518 g/mol. The van der Waals surface area contributed by atoms with Crippen molar-refractivity contribution in [3.8, 4) is 6.07 Å². The maximum atomic E-state index is 12.9. The van der Waals surface area contributed by atoms with Gasteiger partial charge in [-0.3, -0.25) is 9.69 Å². The molecule has 1 aliphatic heterocycles. The van der Waals surface area contributed by atoms with Crippen LogP contribution in [0, 0.1) is 11.3 Å². The number of anilines is 1. The van der Waals surface area contributed by atoms with Crippen LogP contribution in [0.15, 0.2) is 35.3 Å². The molecule has 0 radical (unpaired) electrons. The molecule has 0 saturated carbocycles. The molecule has 4 aromatic rings. The Morgan fingerprint density at radius 2 is 1.92 bits per heavy atom. The van der Waals surface area contributed by atoms with Crippen LogP contribution in [-0.4, -0.2) is 49.2 Å². The quantitative estimate of drug-likeness (QED) is 0.353. The summed E-state index contributed by atoms with van der Waals surface area (Å²) in [5, 5.41) is 10.4. The Hall–Kier alpha value is -3.22. The van der Waals surface area contributed by atoms with Gasteiger partial charge >= 0.3 is 0 Å². The highest BCUT2D eigenvalue weighted by molar-refractivity contribution is 7.18. The van der Waals surface area contributed by atoms with Crippen LogP contribution in [0.1, 0.15) is 62.8 Å². The molecule has 0 aliphatic carbocycles. The zero-order valence-corrected chi connectivity index (χ0v) is 23.1. The van der Waals surface area contributed by atoms with E-state index in [0.717, 1.165) is 49.2 Å². The fourth-order valence-electron chi connectivity index (χ4n) is 5.63. The zero-order chi connectivity index (χ0) is 26.3. The molecule has 4 heterocycles. The number of fused-ring (bicyclic) bond motifs is 2. The van der Waals surface area contributed by atoms with Gasteiger partial charge in [-0.15, -0.1) is 11.3 Å². The third-order valence-electron chi connectivity index (χ3n) is 7.86. The van der Waals surface area contributed by atoms with E-state index in [1.54, 1.807) is 39.8 Å². The van der Waals surface area contributed by atoms with Crippen LogP contribution in [0.2, 0.25) is 0 Å². The van der Waals surface area contributed by atoms with Crippen molar-refractivity contribution in [3.63, 3.8) is 0 Å². The highest BCUT2D eigenvalue weighted by Gasteiger charge is 2.36. The van der Waals surface area contributed by atoms with Gasteiger partial charge in [0.15, 0.2) is 5.65 Å². The number of hydrogen-bond acceptors (Lipinski definition) is 7. The number of benzene rings is 1. The molecule has 5 rings (SSSR count). The second-order valence-electron chi connectivity index (χ2n) is 9.96. The van der Waals surface area contributed by atoms with Crippen molar-refractivity contribution >= 4 is 32.9 Å². The van der Waals surface area contributed by atoms with E-state index in [9.17, 15) is 10.1 Å². The molecule has 1 aromatic carbocycles. The lowest BCUT2D eigenvalue weighted by atomic mass is 9.96. The molecule has 9 heteroatoms. The summed E-state index contributed by atoms with van der Waals surface area (Å²) < 4.78 is 4.61.